The molecule has 0 bridgehead atoms. The Morgan fingerprint density at radius 2 is 1.71 bits per heavy atom. The Bertz CT molecular complexity index is 834. The molecule has 0 unspecified atom stereocenters. The van der Waals surface area contributed by atoms with Gasteiger partial charge in [0.25, 0.3) is 0 Å². The molecule has 0 aromatic heterocycles. The van der Waals surface area contributed by atoms with Crippen LogP contribution in [0.5, 0.6) is 0 Å². The zero-order valence-corrected chi connectivity index (χ0v) is 11.1. The fourth-order valence-corrected chi connectivity index (χ4v) is 3.02. The van der Waals surface area contributed by atoms with Gasteiger partial charge in [-0.05, 0) is 17.2 Å². The highest BCUT2D eigenvalue weighted by molar-refractivity contribution is 6.36. The number of carbonyl (C=O) groups is 1. The van der Waals surface area contributed by atoms with E-state index < -0.39 is 0 Å². The molecule has 0 atom stereocenters. The lowest BCUT2D eigenvalue weighted by molar-refractivity contribution is -0.112. The zero-order valence-electron chi connectivity index (χ0n) is 11.1. The van der Waals surface area contributed by atoms with E-state index in [1.54, 1.807) is 0 Å². The largest absolute Gasteiger partial charge is 0.410 e. The van der Waals surface area contributed by atoms with Crippen LogP contribution in [-0.4, -0.2) is 16.7 Å². The van der Waals surface area contributed by atoms with E-state index in [-0.39, 0.29) is 5.78 Å². The van der Waals surface area contributed by atoms with Crippen LogP contribution < -0.4 is 5.32 Å². The number of nitrogens with zero attached hydrogens (tertiary/aromatic N) is 1. The standard InChI is InChI=1S/C17H12N2O2/c20-14-9-10-5-1-2-6-11(10)15(14)17-16(19-21)12-7-3-4-8-13(12)18-17/h1-8,18,21H,9H2/b17-15-,19-16+. The number of rotatable bonds is 0. The van der Waals surface area contributed by atoms with E-state index >= 15 is 0 Å². The van der Waals surface area contributed by atoms with E-state index in [4.69, 9.17) is 0 Å². The zero-order chi connectivity index (χ0) is 14.4. The molecule has 102 valence electrons. The number of nitrogens with one attached hydrogen (secondary N) is 1. The summed E-state index contributed by atoms with van der Waals surface area (Å²) in [6.45, 7) is 0. The summed E-state index contributed by atoms with van der Waals surface area (Å²) in [6.07, 6.45) is 0.395. The fourth-order valence-electron chi connectivity index (χ4n) is 3.02. The van der Waals surface area contributed by atoms with E-state index in [0.717, 1.165) is 22.4 Å². The monoisotopic (exact) mass is 276 g/mol. The Hall–Kier alpha value is -2.88. The van der Waals surface area contributed by atoms with Crippen molar-refractivity contribution in [1.29, 1.82) is 0 Å². The van der Waals surface area contributed by atoms with Crippen molar-refractivity contribution in [3.05, 3.63) is 70.9 Å². The molecule has 0 radical (unpaired) electrons. The van der Waals surface area contributed by atoms with Crippen LogP contribution in [0.2, 0.25) is 0 Å². The maximum atomic E-state index is 12.4. The lowest BCUT2D eigenvalue weighted by atomic mass is 10.0. The van der Waals surface area contributed by atoms with Gasteiger partial charge in [0, 0.05) is 17.7 Å². The molecule has 0 saturated heterocycles. The molecule has 0 spiro atoms. The van der Waals surface area contributed by atoms with E-state index in [2.05, 4.69) is 10.5 Å². The lowest BCUT2D eigenvalue weighted by Gasteiger charge is -2.06. The minimum Gasteiger partial charge on any atom is -0.410 e. The number of Topliss-reactive ketones (excluding diaryl/α,β-unsaturated/α-hetero) is 1. The van der Waals surface area contributed by atoms with Gasteiger partial charge < -0.3 is 10.5 Å². The molecule has 0 fully saturated rings. The molecule has 2 aromatic rings. The Balaban J connectivity index is 1.97. The third-order valence-electron chi connectivity index (χ3n) is 3.95. The van der Waals surface area contributed by atoms with Gasteiger partial charge in [-0.3, -0.25) is 4.79 Å². The summed E-state index contributed by atoms with van der Waals surface area (Å²) >= 11 is 0. The fraction of sp³-hybridized carbons (Fsp3) is 0.0588. The van der Waals surface area contributed by atoms with Crippen molar-refractivity contribution in [2.45, 2.75) is 6.42 Å². The SMILES string of the molecule is O=C1Cc2ccccc2/C1=C1/Nc2ccccc2/C1=N\O. The number of oxime groups is 1. The summed E-state index contributed by atoms with van der Waals surface area (Å²) in [7, 11) is 0. The molecule has 4 heteroatoms. The van der Waals surface area contributed by atoms with Crippen LogP contribution in [0.25, 0.3) is 5.57 Å². The van der Waals surface area contributed by atoms with Gasteiger partial charge >= 0.3 is 0 Å². The summed E-state index contributed by atoms with van der Waals surface area (Å²) in [5.74, 6) is 0.0488. The molecule has 21 heavy (non-hydrogen) atoms. The first-order valence-corrected chi connectivity index (χ1v) is 6.74. The van der Waals surface area contributed by atoms with Gasteiger partial charge in [-0.25, -0.2) is 0 Å². The minimum absolute atomic E-state index is 0.0488. The predicted molar refractivity (Wildman–Crippen MR) is 80.5 cm³/mol. The van der Waals surface area contributed by atoms with Crippen molar-refractivity contribution in [2.24, 2.45) is 5.16 Å². The number of hydrogen-bond donors (Lipinski definition) is 2. The molecule has 1 aliphatic carbocycles. The average molecular weight is 276 g/mol. The number of allylic oxidation sites excluding steroid dienone is 2. The van der Waals surface area contributed by atoms with Crippen LogP contribution in [0.15, 0.2) is 59.4 Å². The Labute approximate surface area is 121 Å². The summed E-state index contributed by atoms with van der Waals surface area (Å²) in [6, 6.07) is 15.3. The first kappa shape index (κ1) is 11.9. The number of benzene rings is 2. The van der Waals surface area contributed by atoms with Gasteiger partial charge in [-0.15, -0.1) is 0 Å². The molecule has 2 aromatic carbocycles. The Morgan fingerprint density at radius 3 is 2.52 bits per heavy atom. The van der Waals surface area contributed by atoms with Crippen molar-refractivity contribution in [3.63, 3.8) is 0 Å². The van der Waals surface area contributed by atoms with Crippen LogP contribution in [0.4, 0.5) is 5.69 Å². The molecule has 0 amide bonds. The molecular weight excluding hydrogens is 264 g/mol. The first-order valence-electron chi connectivity index (χ1n) is 6.74. The van der Waals surface area contributed by atoms with Crippen LogP contribution in [0.3, 0.4) is 0 Å². The number of anilines is 1. The second kappa shape index (κ2) is 4.31. The van der Waals surface area contributed by atoms with Crippen molar-refractivity contribution in [3.8, 4) is 0 Å². The van der Waals surface area contributed by atoms with Crippen LogP contribution in [0, 0.1) is 0 Å². The minimum atomic E-state index is 0.0488. The number of fused-ring (bicyclic) bond motifs is 2. The molecule has 4 nitrogen and oxygen atoms in total. The first-order chi connectivity index (χ1) is 10.3. The molecule has 0 saturated carbocycles. The van der Waals surface area contributed by atoms with E-state index in [0.29, 0.717) is 23.4 Å². The van der Waals surface area contributed by atoms with Crippen LogP contribution in [-0.2, 0) is 11.2 Å². The number of carbonyl (C=O) groups excluding carboxylic acids is 1. The molecule has 1 aliphatic heterocycles. The smallest absolute Gasteiger partial charge is 0.170 e. The summed E-state index contributed by atoms with van der Waals surface area (Å²) < 4.78 is 0. The van der Waals surface area contributed by atoms with E-state index in [1.165, 1.54) is 0 Å². The van der Waals surface area contributed by atoms with Crippen molar-refractivity contribution < 1.29 is 10.0 Å². The van der Waals surface area contributed by atoms with Gasteiger partial charge in [0.15, 0.2) is 5.78 Å². The highest BCUT2D eigenvalue weighted by atomic mass is 16.4. The van der Waals surface area contributed by atoms with Crippen molar-refractivity contribution >= 4 is 22.8 Å². The summed E-state index contributed by atoms with van der Waals surface area (Å²) in [5.41, 5.74) is 5.21. The maximum absolute atomic E-state index is 12.4. The lowest BCUT2D eigenvalue weighted by Crippen LogP contribution is -2.09. The Morgan fingerprint density at radius 1 is 1.00 bits per heavy atom. The molecule has 2 aliphatic rings. The average Bonchev–Trinajstić information content (AvgIpc) is 3.02. The maximum Gasteiger partial charge on any atom is 0.170 e. The number of hydrogen-bond acceptors (Lipinski definition) is 4. The van der Waals surface area contributed by atoms with Crippen molar-refractivity contribution in [1.82, 2.24) is 0 Å². The van der Waals surface area contributed by atoms with Crippen LogP contribution in [0.1, 0.15) is 16.7 Å². The number of para-hydroxylation sites is 1. The van der Waals surface area contributed by atoms with Gasteiger partial charge in [0.1, 0.15) is 5.71 Å². The summed E-state index contributed by atoms with van der Waals surface area (Å²) in [5, 5.41) is 16.0. The van der Waals surface area contributed by atoms with Gasteiger partial charge in [0.2, 0.25) is 0 Å². The summed E-state index contributed by atoms with van der Waals surface area (Å²) in [4.78, 5) is 12.4. The van der Waals surface area contributed by atoms with Gasteiger partial charge in [-0.1, -0.05) is 47.6 Å². The van der Waals surface area contributed by atoms with Gasteiger partial charge in [-0.2, -0.15) is 0 Å². The highest BCUT2D eigenvalue weighted by Crippen LogP contribution is 2.37. The molecule has 2 N–H and O–H groups in total. The Kier molecular flexibility index (Phi) is 2.44. The normalized spacial score (nSPS) is 21.3. The molecular formula is C17H12N2O2. The highest BCUT2D eigenvalue weighted by Gasteiger charge is 2.33. The van der Waals surface area contributed by atoms with Crippen molar-refractivity contribution in [2.75, 3.05) is 5.32 Å². The number of ketones is 1. The predicted octanol–water partition coefficient (Wildman–Crippen LogP) is 2.83. The van der Waals surface area contributed by atoms with Crippen LogP contribution >= 0.6 is 0 Å². The quantitative estimate of drug-likeness (QED) is 0.442. The van der Waals surface area contributed by atoms with E-state index in [9.17, 15) is 10.0 Å². The molecule has 4 rings (SSSR count). The second-order valence-corrected chi connectivity index (χ2v) is 5.13. The third kappa shape index (κ3) is 1.62. The molecule has 1 heterocycles. The van der Waals surface area contributed by atoms with Gasteiger partial charge in [0.05, 0.1) is 11.3 Å². The third-order valence-corrected chi connectivity index (χ3v) is 3.95. The topological polar surface area (TPSA) is 61.7 Å². The second-order valence-electron chi connectivity index (χ2n) is 5.13. The van der Waals surface area contributed by atoms with E-state index in [1.807, 2.05) is 48.5 Å².